The van der Waals surface area contributed by atoms with Crippen LogP contribution >= 0.6 is 15.9 Å². The van der Waals surface area contributed by atoms with Crippen molar-refractivity contribution in [3.05, 3.63) is 22.2 Å². The van der Waals surface area contributed by atoms with Gasteiger partial charge in [0.05, 0.1) is 4.90 Å². The fraction of sp³-hybridized carbons (Fsp3) is 0.538. The van der Waals surface area contributed by atoms with Gasteiger partial charge in [-0.3, -0.25) is 0 Å². The SMILES string of the molecule is Cc1cc(Br)c(N)cc1S(=O)(=O)NC(CCO)C(C)C. The molecule has 5 nitrogen and oxygen atoms in total. The van der Waals surface area contributed by atoms with Crippen LogP contribution in [0.15, 0.2) is 21.5 Å². The van der Waals surface area contributed by atoms with E-state index in [4.69, 9.17) is 10.8 Å². The summed E-state index contributed by atoms with van der Waals surface area (Å²) in [5.74, 6) is 0.0880. The Labute approximate surface area is 128 Å². The van der Waals surface area contributed by atoms with E-state index in [-0.39, 0.29) is 23.5 Å². The first-order valence-corrected chi connectivity index (χ1v) is 8.65. The van der Waals surface area contributed by atoms with Crippen LogP contribution < -0.4 is 10.5 Å². The van der Waals surface area contributed by atoms with Gasteiger partial charge in [0.25, 0.3) is 0 Å². The number of hydrogen-bond donors (Lipinski definition) is 3. The molecule has 0 saturated carbocycles. The zero-order valence-electron chi connectivity index (χ0n) is 11.9. The van der Waals surface area contributed by atoms with Crippen LogP contribution in [0, 0.1) is 12.8 Å². The molecule has 7 heteroatoms. The average Bonchev–Trinajstić information content (AvgIpc) is 2.32. The topological polar surface area (TPSA) is 92.4 Å². The zero-order chi connectivity index (χ0) is 15.5. The molecule has 1 rings (SSSR count). The number of halogens is 1. The lowest BCUT2D eigenvalue weighted by atomic mass is 10.0. The van der Waals surface area contributed by atoms with Crippen molar-refractivity contribution in [1.82, 2.24) is 4.72 Å². The van der Waals surface area contributed by atoms with Crippen LogP contribution in [0.3, 0.4) is 0 Å². The van der Waals surface area contributed by atoms with Gasteiger partial charge in [0.2, 0.25) is 10.0 Å². The summed E-state index contributed by atoms with van der Waals surface area (Å²) in [5, 5.41) is 9.03. The van der Waals surface area contributed by atoms with Crippen molar-refractivity contribution in [3.63, 3.8) is 0 Å². The molecule has 0 aliphatic carbocycles. The molecule has 0 saturated heterocycles. The molecule has 0 amide bonds. The van der Waals surface area contributed by atoms with Crippen molar-refractivity contribution < 1.29 is 13.5 Å². The second kappa shape index (κ2) is 6.89. The number of anilines is 1. The smallest absolute Gasteiger partial charge is 0.241 e. The van der Waals surface area contributed by atoms with Gasteiger partial charge < -0.3 is 10.8 Å². The van der Waals surface area contributed by atoms with Gasteiger partial charge in [-0.1, -0.05) is 13.8 Å². The second-order valence-electron chi connectivity index (χ2n) is 5.12. The molecule has 0 fully saturated rings. The van der Waals surface area contributed by atoms with Crippen molar-refractivity contribution in [2.45, 2.75) is 38.1 Å². The summed E-state index contributed by atoms with van der Waals surface area (Å²) in [4.78, 5) is 0.168. The van der Waals surface area contributed by atoms with Gasteiger partial charge in [0, 0.05) is 22.8 Å². The highest BCUT2D eigenvalue weighted by Crippen LogP contribution is 2.27. The molecule has 0 aromatic heterocycles. The minimum Gasteiger partial charge on any atom is -0.398 e. The minimum atomic E-state index is -3.66. The third-order valence-electron chi connectivity index (χ3n) is 3.14. The number of aliphatic hydroxyl groups excluding tert-OH is 1. The molecular formula is C13H21BrN2O3S. The van der Waals surface area contributed by atoms with E-state index in [1.54, 1.807) is 13.0 Å². The predicted octanol–water partition coefficient (Wildman–Crippen LogP) is 2.03. The van der Waals surface area contributed by atoms with E-state index in [0.29, 0.717) is 22.1 Å². The first kappa shape index (κ1) is 17.4. The maximum atomic E-state index is 12.4. The number of nitrogen functional groups attached to an aromatic ring is 1. The maximum absolute atomic E-state index is 12.4. The highest BCUT2D eigenvalue weighted by Gasteiger charge is 2.24. The number of sulfonamides is 1. The fourth-order valence-corrected chi connectivity index (χ4v) is 4.03. The average molecular weight is 365 g/mol. The lowest BCUT2D eigenvalue weighted by Gasteiger charge is -2.22. The monoisotopic (exact) mass is 364 g/mol. The number of benzene rings is 1. The van der Waals surface area contributed by atoms with Crippen molar-refractivity contribution >= 4 is 31.6 Å². The first-order chi connectivity index (χ1) is 9.19. The van der Waals surface area contributed by atoms with Gasteiger partial charge in [0.1, 0.15) is 0 Å². The van der Waals surface area contributed by atoms with Crippen LogP contribution in [-0.2, 0) is 10.0 Å². The van der Waals surface area contributed by atoms with E-state index >= 15 is 0 Å². The Morgan fingerprint density at radius 3 is 2.50 bits per heavy atom. The standard InChI is InChI=1S/C13H21BrN2O3S/c1-8(2)12(4-5-17)16-20(18,19)13-7-11(15)10(14)6-9(13)3/h6-8,12,16-17H,4-5,15H2,1-3H3. The molecule has 0 bridgehead atoms. The summed E-state index contributed by atoms with van der Waals surface area (Å²) < 4.78 is 28.2. The molecule has 1 aromatic carbocycles. The number of aliphatic hydroxyl groups is 1. The molecule has 0 aliphatic heterocycles. The molecule has 20 heavy (non-hydrogen) atoms. The van der Waals surface area contributed by atoms with E-state index in [1.165, 1.54) is 6.07 Å². The lowest BCUT2D eigenvalue weighted by molar-refractivity contribution is 0.256. The molecule has 114 valence electrons. The lowest BCUT2D eigenvalue weighted by Crippen LogP contribution is -2.39. The van der Waals surface area contributed by atoms with Gasteiger partial charge in [-0.25, -0.2) is 13.1 Å². The molecule has 1 unspecified atom stereocenters. The van der Waals surface area contributed by atoms with Gasteiger partial charge in [-0.05, 0) is 52.9 Å². The highest BCUT2D eigenvalue weighted by atomic mass is 79.9. The molecular weight excluding hydrogens is 344 g/mol. The van der Waals surface area contributed by atoms with Crippen LogP contribution in [0.1, 0.15) is 25.8 Å². The second-order valence-corrected chi connectivity index (χ2v) is 7.66. The van der Waals surface area contributed by atoms with Gasteiger partial charge >= 0.3 is 0 Å². The predicted molar refractivity (Wildman–Crippen MR) is 83.9 cm³/mol. The first-order valence-electron chi connectivity index (χ1n) is 6.38. The summed E-state index contributed by atoms with van der Waals surface area (Å²) >= 11 is 3.27. The molecule has 0 radical (unpaired) electrons. The van der Waals surface area contributed by atoms with Gasteiger partial charge in [-0.2, -0.15) is 0 Å². The number of nitrogens with one attached hydrogen (secondary N) is 1. The number of aryl methyl sites for hydroxylation is 1. The quantitative estimate of drug-likeness (QED) is 0.673. The summed E-state index contributed by atoms with van der Waals surface area (Å²) in [6, 6.07) is 2.81. The van der Waals surface area contributed by atoms with Crippen molar-refractivity contribution in [1.29, 1.82) is 0 Å². The van der Waals surface area contributed by atoms with Crippen LogP contribution in [0.2, 0.25) is 0 Å². The Balaban J connectivity index is 3.13. The molecule has 1 aromatic rings. The van der Waals surface area contributed by atoms with Gasteiger partial charge in [0.15, 0.2) is 0 Å². The Morgan fingerprint density at radius 1 is 1.40 bits per heavy atom. The Hall–Kier alpha value is -0.630. The molecule has 0 aliphatic rings. The summed E-state index contributed by atoms with van der Waals surface area (Å²) in [6.07, 6.45) is 0.377. The van der Waals surface area contributed by atoms with Crippen LogP contribution in [0.4, 0.5) is 5.69 Å². The van der Waals surface area contributed by atoms with E-state index in [1.807, 2.05) is 13.8 Å². The van der Waals surface area contributed by atoms with Gasteiger partial charge in [-0.15, -0.1) is 0 Å². The van der Waals surface area contributed by atoms with Crippen LogP contribution in [-0.4, -0.2) is 26.2 Å². The Morgan fingerprint density at radius 2 is 2.00 bits per heavy atom. The summed E-state index contributed by atoms with van der Waals surface area (Å²) in [7, 11) is -3.66. The minimum absolute atomic E-state index is 0.0627. The van der Waals surface area contributed by atoms with E-state index in [2.05, 4.69) is 20.7 Å². The van der Waals surface area contributed by atoms with E-state index in [0.717, 1.165) is 0 Å². The third kappa shape index (κ3) is 4.18. The largest absolute Gasteiger partial charge is 0.398 e. The van der Waals surface area contributed by atoms with Crippen molar-refractivity contribution in [3.8, 4) is 0 Å². The Bertz CT molecular complexity index is 573. The maximum Gasteiger partial charge on any atom is 0.241 e. The number of nitrogens with two attached hydrogens (primary N) is 1. The third-order valence-corrected chi connectivity index (χ3v) is 5.45. The molecule has 4 N–H and O–H groups in total. The van der Waals surface area contributed by atoms with E-state index < -0.39 is 10.0 Å². The summed E-state index contributed by atoms with van der Waals surface area (Å²) in [6.45, 7) is 5.47. The van der Waals surface area contributed by atoms with E-state index in [9.17, 15) is 8.42 Å². The van der Waals surface area contributed by atoms with Crippen molar-refractivity contribution in [2.75, 3.05) is 12.3 Å². The van der Waals surface area contributed by atoms with Crippen LogP contribution in [0.5, 0.6) is 0 Å². The van der Waals surface area contributed by atoms with Crippen LogP contribution in [0.25, 0.3) is 0 Å². The molecule has 0 heterocycles. The fourth-order valence-electron chi connectivity index (χ4n) is 1.89. The number of hydrogen-bond acceptors (Lipinski definition) is 4. The molecule has 1 atom stereocenters. The zero-order valence-corrected chi connectivity index (χ0v) is 14.3. The Kier molecular flexibility index (Phi) is 6.00. The number of rotatable bonds is 6. The highest BCUT2D eigenvalue weighted by molar-refractivity contribution is 9.10. The normalized spacial score (nSPS) is 13.7. The summed E-state index contributed by atoms with van der Waals surface area (Å²) in [5.41, 5.74) is 6.75. The van der Waals surface area contributed by atoms with Crippen molar-refractivity contribution in [2.24, 2.45) is 5.92 Å². The molecule has 0 spiro atoms.